The molecule has 3 aliphatic rings. The number of likely N-dealkylation sites (tertiary alicyclic amines) is 2. The second-order valence-electron chi connectivity index (χ2n) is 14.8. The number of halogens is 4. The highest BCUT2D eigenvalue weighted by Gasteiger charge is 2.37. The Balaban J connectivity index is 0.920. The lowest BCUT2D eigenvalue weighted by atomic mass is 9.86. The average molecular weight is 752 g/mol. The number of alkyl halides is 3. The molecule has 3 aliphatic heterocycles. The number of fused-ring (bicyclic) bond motifs is 1. The lowest BCUT2D eigenvalue weighted by Gasteiger charge is -2.36. The van der Waals surface area contributed by atoms with E-state index in [1.807, 2.05) is 0 Å². The van der Waals surface area contributed by atoms with Crippen LogP contribution in [0.4, 0.5) is 23.2 Å². The van der Waals surface area contributed by atoms with E-state index in [-0.39, 0.29) is 53.2 Å². The highest BCUT2D eigenvalue weighted by molar-refractivity contribution is 5.93. The van der Waals surface area contributed by atoms with Gasteiger partial charge in [0.1, 0.15) is 17.1 Å². The summed E-state index contributed by atoms with van der Waals surface area (Å²) in [4.78, 5) is 41.1. The lowest BCUT2D eigenvalue weighted by Crippen LogP contribution is -2.46. The Morgan fingerprint density at radius 2 is 1.80 bits per heavy atom. The first-order chi connectivity index (χ1) is 25.9. The van der Waals surface area contributed by atoms with Crippen LogP contribution < -0.4 is 20.9 Å². The molecule has 7 rings (SSSR count). The number of amides is 2. The molecule has 0 saturated carbocycles. The molecular weight excluding hydrogens is 706 g/mol. The third-order valence-corrected chi connectivity index (χ3v) is 11.3. The quantitative estimate of drug-likeness (QED) is 0.195. The average Bonchev–Trinajstić information content (AvgIpc) is 3.66. The predicted octanol–water partition coefficient (Wildman–Crippen LogP) is 5.45. The summed E-state index contributed by atoms with van der Waals surface area (Å²) in [5, 5.41) is 13.2. The van der Waals surface area contributed by atoms with E-state index in [2.05, 4.69) is 25.7 Å². The van der Waals surface area contributed by atoms with Crippen molar-refractivity contribution in [2.75, 3.05) is 51.7 Å². The number of rotatable bonds is 9. The molecule has 3 N–H and O–H groups in total. The van der Waals surface area contributed by atoms with Crippen LogP contribution in [-0.2, 0) is 29.2 Å². The van der Waals surface area contributed by atoms with E-state index in [9.17, 15) is 27.6 Å². The Kier molecular flexibility index (Phi) is 10.7. The highest BCUT2D eigenvalue weighted by atomic mass is 19.4. The number of hydrogen-bond donors (Lipinski definition) is 3. The van der Waals surface area contributed by atoms with Crippen molar-refractivity contribution in [1.82, 2.24) is 29.9 Å². The molecule has 15 heteroatoms. The maximum absolute atomic E-state index is 15.7. The molecule has 4 aromatic rings. The summed E-state index contributed by atoms with van der Waals surface area (Å²) in [5.41, 5.74) is 1.82. The predicted molar refractivity (Wildman–Crippen MR) is 196 cm³/mol. The van der Waals surface area contributed by atoms with E-state index in [0.717, 1.165) is 12.8 Å². The van der Waals surface area contributed by atoms with Crippen LogP contribution in [0.15, 0.2) is 47.5 Å². The van der Waals surface area contributed by atoms with Crippen LogP contribution >= 0.6 is 0 Å². The van der Waals surface area contributed by atoms with Crippen molar-refractivity contribution < 1.29 is 31.9 Å². The van der Waals surface area contributed by atoms with Gasteiger partial charge in [-0.25, -0.2) is 4.39 Å². The molecule has 5 heterocycles. The van der Waals surface area contributed by atoms with E-state index < -0.39 is 11.7 Å². The first kappa shape index (κ1) is 37.4. The number of nitrogens with zero attached hydrogens (tertiary/aromatic N) is 4. The number of piperidine rings is 3. The molecule has 2 aromatic heterocycles. The van der Waals surface area contributed by atoms with Gasteiger partial charge >= 0.3 is 6.18 Å². The molecule has 2 amide bonds. The number of benzene rings is 2. The fourth-order valence-electron chi connectivity index (χ4n) is 8.24. The van der Waals surface area contributed by atoms with Crippen LogP contribution in [0.3, 0.4) is 0 Å². The zero-order chi connectivity index (χ0) is 38.1. The fraction of sp³-hybridized carbons (Fsp3) is 0.487. The number of nitrogens with one attached hydrogen (secondary N) is 3. The summed E-state index contributed by atoms with van der Waals surface area (Å²) in [6.07, 6.45) is 2.51. The van der Waals surface area contributed by atoms with Gasteiger partial charge in [-0.15, -0.1) is 0 Å². The number of ether oxygens (including phenoxy) is 1. The van der Waals surface area contributed by atoms with Crippen LogP contribution in [-0.4, -0.2) is 88.8 Å². The van der Waals surface area contributed by atoms with Crippen molar-refractivity contribution in [3.05, 3.63) is 75.6 Å². The van der Waals surface area contributed by atoms with E-state index in [1.54, 1.807) is 42.5 Å². The first-order valence-corrected chi connectivity index (χ1v) is 18.5. The number of aromatic amines is 1. The van der Waals surface area contributed by atoms with E-state index in [1.165, 1.54) is 23.8 Å². The molecule has 3 fully saturated rings. The number of hydrogen-bond acceptors (Lipinski definition) is 7. The molecule has 54 heavy (non-hydrogen) atoms. The number of pyridine rings is 1. The molecule has 3 saturated heterocycles. The van der Waals surface area contributed by atoms with Crippen molar-refractivity contribution >= 4 is 28.4 Å². The number of methoxy groups -OCH3 is 1. The van der Waals surface area contributed by atoms with Crippen molar-refractivity contribution in [1.29, 1.82) is 0 Å². The molecule has 11 nitrogen and oxygen atoms in total. The van der Waals surface area contributed by atoms with E-state index in [4.69, 9.17) is 4.74 Å². The molecule has 0 aliphatic carbocycles. The molecule has 288 valence electrons. The summed E-state index contributed by atoms with van der Waals surface area (Å²) >= 11 is 0. The van der Waals surface area contributed by atoms with Crippen LogP contribution in [0.5, 0.6) is 5.75 Å². The van der Waals surface area contributed by atoms with Gasteiger partial charge in [0.05, 0.1) is 25.4 Å². The van der Waals surface area contributed by atoms with Gasteiger partial charge in [0.25, 0.3) is 5.56 Å². The molecule has 1 atom stereocenters. The Morgan fingerprint density at radius 1 is 1.04 bits per heavy atom. The third kappa shape index (κ3) is 7.96. The van der Waals surface area contributed by atoms with Gasteiger partial charge in [0.2, 0.25) is 11.8 Å². The number of H-pyrrole nitrogens is 1. The summed E-state index contributed by atoms with van der Waals surface area (Å²) in [7, 11) is 3.15. The maximum Gasteiger partial charge on any atom is 0.416 e. The molecular formula is C39H45F4N7O4. The molecule has 0 spiro atoms. The Morgan fingerprint density at radius 3 is 2.48 bits per heavy atom. The Hall–Kier alpha value is -4.92. The standard InChI is InChI=1S/C39H45F4N7O4/c1-48-21-31(30-20-45-47-37(30)38(48)53)25-16-33(40)29(34(17-25)54-2)15-23-7-11-49(12-8-23)22-36(52)50-13-9-24(10-14-50)28-5-3-26(18-32(28)39(41,42)43)46-27-4-6-35(51)44-19-27/h3,5,16-18,20-21,23-24,27,46H,4,6-15,19,22H2,1-2H3,(H,44,51)(H,45,47). The smallest absolute Gasteiger partial charge is 0.416 e. The fourth-order valence-corrected chi connectivity index (χ4v) is 8.24. The minimum atomic E-state index is -4.52. The minimum Gasteiger partial charge on any atom is -0.496 e. The summed E-state index contributed by atoms with van der Waals surface area (Å²) in [6, 6.07) is 7.53. The van der Waals surface area contributed by atoms with Gasteiger partial charge in [-0.1, -0.05) is 6.07 Å². The number of aromatic nitrogens is 3. The van der Waals surface area contributed by atoms with E-state index in [0.29, 0.717) is 104 Å². The topological polar surface area (TPSA) is 125 Å². The Labute approximate surface area is 310 Å². The van der Waals surface area contributed by atoms with Crippen LogP contribution in [0.2, 0.25) is 0 Å². The van der Waals surface area contributed by atoms with Crippen LogP contribution in [0.1, 0.15) is 61.1 Å². The van der Waals surface area contributed by atoms with Crippen molar-refractivity contribution in [3.8, 4) is 16.9 Å². The second kappa shape index (κ2) is 15.4. The van der Waals surface area contributed by atoms with Gasteiger partial charge in [-0.3, -0.25) is 24.4 Å². The van der Waals surface area contributed by atoms with Gasteiger partial charge in [0.15, 0.2) is 0 Å². The Bertz CT molecular complexity index is 2070. The lowest BCUT2D eigenvalue weighted by molar-refractivity contribution is -0.139. The van der Waals surface area contributed by atoms with Crippen LogP contribution in [0, 0.1) is 11.7 Å². The SMILES string of the molecule is COc1cc(-c2cn(C)c(=O)c3[nH]ncc23)cc(F)c1CC1CCN(CC(=O)N2CCC(c3ccc(NC4CCC(=O)NC4)cc3C(F)(F)F)CC2)CC1. The van der Waals surface area contributed by atoms with Crippen LogP contribution in [0.25, 0.3) is 22.0 Å². The second-order valence-corrected chi connectivity index (χ2v) is 14.8. The normalized spacial score (nSPS) is 19.3. The largest absolute Gasteiger partial charge is 0.496 e. The molecule has 1 unspecified atom stereocenters. The summed E-state index contributed by atoms with van der Waals surface area (Å²) < 4.78 is 65.5. The number of carbonyl (C=O) groups excluding carboxylic acids is 2. The summed E-state index contributed by atoms with van der Waals surface area (Å²) in [6.45, 7) is 2.73. The minimum absolute atomic E-state index is 0.0319. The highest BCUT2D eigenvalue weighted by Crippen LogP contribution is 2.41. The van der Waals surface area contributed by atoms with Crippen molar-refractivity contribution in [3.63, 3.8) is 0 Å². The molecule has 0 radical (unpaired) electrons. The van der Waals surface area contributed by atoms with Crippen molar-refractivity contribution in [2.24, 2.45) is 13.0 Å². The number of aryl methyl sites for hydroxylation is 1. The zero-order valence-electron chi connectivity index (χ0n) is 30.4. The summed E-state index contributed by atoms with van der Waals surface area (Å²) in [5.74, 6) is -0.170. The first-order valence-electron chi connectivity index (χ1n) is 18.5. The van der Waals surface area contributed by atoms with Gasteiger partial charge in [0, 0.05) is 67.5 Å². The van der Waals surface area contributed by atoms with E-state index >= 15 is 4.39 Å². The zero-order valence-corrected chi connectivity index (χ0v) is 30.4. The molecule has 2 aromatic carbocycles. The number of anilines is 1. The van der Waals surface area contributed by atoms with Gasteiger partial charge in [-0.05, 0) is 98.8 Å². The maximum atomic E-state index is 15.7. The third-order valence-electron chi connectivity index (χ3n) is 11.3. The molecule has 0 bridgehead atoms. The van der Waals surface area contributed by atoms with Gasteiger partial charge < -0.3 is 24.8 Å². The monoisotopic (exact) mass is 751 g/mol. The van der Waals surface area contributed by atoms with Gasteiger partial charge in [-0.2, -0.15) is 18.3 Å². The number of carbonyl (C=O) groups is 2. The van der Waals surface area contributed by atoms with Crippen molar-refractivity contribution in [2.45, 2.75) is 63.1 Å².